The number of ether oxygens (including phenoxy) is 1. The van der Waals surface area contributed by atoms with Crippen molar-refractivity contribution in [3.05, 3.63) is 65.7 Å². The Balaban J connectivity index is 1.57. The smallest absolute Gasteiger partial charge is 0.294 e. The lowest BCUT2D eigenvalue weighted by atomic mass is 9.86. The second-order valence-electron chi connectivity index (χ2n) is 7.96. The van der Waals surface area contributed by atoms with Crippen LogP contribution in [0.1, 0.15) is 38.2 Å². The maximum atomic E-state index is 13.5. The second kappa shape index (κ2) is 8.69. The van der Waals surface area contributed by atoms with E-state index >= 15 is 0 Å². The van der Waals surface area contributed by atoms with E-state index < -0.39 is 11.7 Å². The van der Waals surface area contributed by atoms with Crippen LogP contribution in [0.2, 0.25) is 0 Å². The van der Waals surface area contributed by atoms with Crippen LogP contribution in [-0.2, 0) is 9.59 Å². The summed E-state index contributed by atoms with van der Waals surface area (Å²) in [7, 11) is 0. The molecule has 0 unspecified atom stereocenters. The number of anilines is 1. The first-order chi connectivity index (χ1) is 14.5. The molecule has 5 nitrogen and oxygen atoms in total. The fourth-order valence-electron chi connectivity index (χ4n) is 4.09. The van der Waals surface area contributed by atoms with Gasteiger partial charge >= 0.3 is 0 Å². The van der Waals surface area contributed by atoms with Crippen molar-refractivity contribution in [3.63, 3.8) is 0 Å². The SMILES string of the molecule is C[C@H]1CCCC[C@H]1NC(=O)CN1C(=O)/C(=C\c2cccc(F)c2)Oc2ccccc21. The molecule has 1 aliphatic carbocycles. The van der Waals surface area contributed by atoms with Crippen LogP contribution in [-0.4, -0.2) is 24.4 Å². The summed E-state index contributed by atoms with van der Waals surface area (Å²) in [6.07, 6.45) is 5.86. The molecular formula is C24H25FN2O3. The van der Waals surface area contributed by atoms with E-state index in [1.165, 1.54) is 29.5 Å². The minimum Gasteiger partial charge on any atom is -0.449 e. The molecule has 0 spiro atoms. The molecule has 2 aromatic carbocycles. The number of carbonyl (C=O) groups is 2. The van der Waals surface area contributed by atoms with Gasteiger partial charge in [0.05, 0.1) is 5.69 Å². The van der Waals surface area contributed by atoms with Crippen molar-refractivity contribution < 1.29 is 18.7 Å². The summed E-state index contributed by atoms with van der Waals surface area (Å²) in [5, 5.41) is 3.10. The number of benzene rings is 2. The third kappa shape index (κ3) is 4.37. The molecule has 1 fully saturated rings. The molecule has 0 radical (unpaired) electrons. The average molecular weight is 408 g/mol. The number of fused-ring (bicyclic) bond motifs is 1. The zero-order valence-corrected chi connectivity index (χ0v) is 16.9. The Morgan fingerprint density at radius 2 is 2.00 bits per heavy atom. The Labute approximate surface area is 175 Å². The van der Waals surface area contributed by atoms with Gasteiger partial charge in [0.25, 0.3) is 5.91 Å². The van der Waals surface area contributed by atoms with Crippen molar-refractivity contribution in [2.24, 2.45) is 5.92 Å². The van der Waals surface area contributed by atoms with Crippen molar-refractivity contribution in [1.29, 1.82) is 0 Å². The van der Waals surface area contributed by atoms with E-state index in [4.69, 9.17) is 4.74 Å². The third-order valence-corrected chi connectivity index (χ3v) is 5.74. The Morgan fingerprint density at radius 1 is 1.20 bits per heavy atom. The van der Waals surface area contributed by atoms with Gasteiger partial charge in [0, 0.05) is 6.04 Å². The van der Waals surface area contributed by atoms with Crippen LogP contribution >= 0.6 is 0 Å². The van der Waals surface area contributed by atoms with Crippen LogP contribution in [0.15, 0.2) is 54.3 Å². The predicted molar refractivity (Wildman–Crippen MR) is 113 cm³/mol. The Kier molecular flexibility index (Phi) is 5.84. The van der Waals surface area contributed by atoms with Crippen molar-refractivity contribution in [2.75, 3.05) is 11.4 Å². The first-order valence-corrected chi connectivity index (χ1v) is 10.4. The third-order valence-electron chi connectivity index (χ3n) is 5.74. The molecule has 1 aliphatic heterocycles. The normalized spacial score (nSPS) is 22.4. The lowest BCUT2D eigenvalue weighted by molar-refractivity contribution is -0.124. The number of hydrogen-bond donors (Lipinski definition) is 1. The van der Waals surface area contributed by atoms with Gasteiger partial charge in [-0.15, -0.1) is 0 Å². The number of para-hydroxylation sites is 2. The average Bonchev–Trinajstić information content (AvgIpc) is 2.73. The summed E-state index contributed by atoms with van der Waals surface area (Å²) >= 11 is 0. The number of nitrogens with zero attached hydrogens (tertiary/aromatic N) is 1. The van der Waals surface area contributed by atoms with Gasteiger partial charge in [-0.2, -0.15) is 0 Å². The van der Waals surface area contributed by atoms with E-state index in [2.05, 4.69) is 12.2 Å². The number of nitrogens with one attached hydrogen (secondary N) is 1. The zero-order chi connectivity index (χ0) is 21.1. The van der Waals surface area contributed by atoms with Gasteiger partial charge in [-0.25, -0.2) is 4.39 Å². The lowest BCUT2D eigenvalue weighted by Crippen LogP contribution is -2.48. The van der Waals surface area contributed by atoms with E-state index in [1.807, 2.05) is 0 Å². The maximum absolute atomic E-state index is 13.5. The Bertz CT molecular complexity index is 988. The van der Waals surface area contributed by atoms with Crippen molar-refractivity contribution in [2.45, 2.75) is 38.6 Å². The number of carbonyl (C=O) groups excluding carboxylic acids is 2. The monoisotopic (exact) mass is 408 g/mol. The Morgan fingerprint density at radius 3 is 2.80 bits per heavy atom. The molecule has 0 aromatic heterocycles. The molecule has 30 heavy (non-hydrogen) atoms. The topological polar surface area (TPSA) is 58.6 Å². The van der Waals surface area contributed by atoms with E-state index in [9.17, 15) is 14.0 Å². The van der Waals surface area contributed by atoms with E-state index in [0.29, 0.717) is 22.9 Å². The van der Waals surface area contributed by atoms with Crippen molar-refractivity contribution in [3.8, 4) is 5.75 Å². The van der Waals surface area contributed by atoms with Crippen LogP contribution in [0.3, 0.4) is 0 Å². The molecule has 2 amide bonds. The summed E-state index contributed by atoms with van der Waals surface area (Å²) < 4.78 is 19.3. The van der Waals surface area contributed by atoms with E-state index in [-0.39, 0.29) is 24.3 Å². The highest BCUT2D eigenvalue weighted by atomic mass is 19.1. The summed E-state index contributed by atoms with van der Waals surface area (Å²) in [5.74, 6) is -0.0462. The molecule has 2 aliphatic rings. The molecular weight excluding hydrogens is 383 g/mol. The standard InChI is InChI=1S/C24H25FN2O3/c1-16-7-2-3-10-19(16)26-23(28)15-27-20-11-4-5-12-21(20)30-22(24(27)29)14-17-8-6-9-18(25)13-17/h4-6,8-9,11-14,16,19H,2-3,7,10,15H2,1H3,(H,26,28)/b22-14+/t16-,19+/m0/s1. The second-order valence-corrected chi connectivity index (χ2v) is 7.96. The molecule has 156 valence electrons. The fraction of sp³-hybridized carbons (Fsp3) is 0.333. The fourth-order valence-corrected chi connectivity index (χ4v) is 4.09. The van der Waals surface area contributed by atoms with Gasteiger partial charge in [-0.3, -0.25) is 14.5 Å². The Hall–Kier alpha value is -3.15. The zero-order valence-electron chi connectivity index (χ0n) is 16.9. The molecule has 2 atom stereocenters. The minimum atomic E-state index is -0.426. The van der Waals surface area contributed by atoms with Crippen LogP contribution in [0.5, 0.6) is 5.75 Å². The predicted octanol–water partition coefficient (Wildman–Crippen LogP) is 4.29. The number of hydrogen-bond acceptors (Lipinski definition) is 3. The van der Waals surface area contributed by atoms with Crippen LogP contribution in [0, 0.1) is 11.7 Å². The van der Waals surface area contributed by atoms with E-state index in [1.54, 1.807) is 36.4 Å². The molecule has 1 N–H and O–H groups in total. The summed E-state index contributed by atoms with van der Waals surface area (Å²) in [4.78, 5) is 27.3. The summed E-state index contributed by atoms with van der Waals surface area (Å²) in [5.41, 5.74) is 1.06. The highest BCUT2D eigenvalue weighted by Gasteiger charge is 2.32. The highest BCUT2D eigenvalue weighted by molar-refractivity contribution is 6.12. The van der Waals surface area contributed by atoms with Crippen molar-refractivity contribution >= 4 is 23.6 Å². The van der Waals surface area contributed by atoms with Crippen LogP contribution < -0.4 is 15.0 Å². The molecule has 6 heteroatoms. The van der Waals surface area contributed by atoms with Crippen molar-refractivity contribution in [1.82, 2.24) is 5.32 Å². The summed E-state index contributed by atoms with van der Waals surface area (Å²) in [6, 6.07) is 13.2. The first-order valence-electron chi connectivity index (χ1n) is 10.4. The van der Waals surface area contributed by atoms with Gasteiger partial charge in [-0.1, -0.05) is 44.0 Å². The summed E-state index contributed by atoms with van der Waals surface area (Å²) in [6.45, 7) is 2.06. The molecule has 0 bridgehead atoms. The lowest BCUT2D eigenvalue weighted by Gasteiger charge is -2.32. The van der Waals surface area contributed by atoms with Gasteiger partial charge in [0.15, 0.2) is 11.5 Å². The minimum absolute atomic E-state index is 0.0538. The number of rotatable bonds is 4. The van der Waals surface area contributed by atoms with Gasteiger partial charge in [0.1, 0.15) is 12.4 Å². The number of amides is 2. The highest BCUT2D eigenvalue weighted by Crippen LogP contribution is 2.35. The molecule has 0 saturated heterocycles. The largest absolute Gasteiger partial charge is 0.449 e. The maximum Gasteiger partial charge on any atom is 0.294 e. The van der Waals surface area contributed by atoms with Crippen LogP contribution in [0.4, 0.5) is 10.1 Å². The first kappa shape index (κ1) is 20.1. The number of halogens is 1. The molecule has 1 saturated carbocycles. The van der Waals surface area contributed by atoms with Crippen LogP contribution in [0.25, 0.3) is 6.08 Å². The quantitative estimate of drug-likeness (QED) is 0.768. The van der Waals surface area contributed by atoms with Gasteiger partial charge < -0.3 is 10.1 Å². The molecule has 2 aromatic rings. The van der Waals surface area contributed by atoms with Gasteiger partial charge in [0.2, 0.25) is 5.91 Å². The molecule has 4 rings (SSSR count). The molecule has 1 heterocycles. The van der Waals surface area contributed by atoms with Gasteiger partial charge in [-0.05, 0) is 54.7 Å². The van der Waals surface area contributed by atoms with E-state index in [0.717, 1.165) is 19.3 Å².